The van der Waals surface area contributed by atoms with Crippen molar-refractivity contribution in [1.29, 1.82) is 0 Å². The van der Waals surface area contributed by atoms with E-state index in [2.05, 4.69) is 0 Å². The quantitative estimate of drug-likeness (QED) is 0.129. The Kier molecular flexibility index (Phi) is 13.4. The number of carbonyl (C=O) groups excluding carboxylic acids is 1. The number of nitrogens with zero attached hydrogens (tertiary/aromatic N) is 1. The van der Waals surface area contributed by atoms with E-state index >= 15 is 0 Å². The maximum atomic E-state index is 13.3. The second-order valence-electron chi connectivity index (χ2n) is 11.4. The van der Waals surface area contributed by atoms with Crippen molar-refractivity contribution in [2.75, 3.05) is 19.7 Å². The minimum absolute atomic E-state index is 0.185. The average Bonchev–Trinajstić information content (AvgIpc) is 3.12. The van der Waals surface area contributed by atoms with Crippen LogP contribution < -0.4 is 0 Å². The van der Waals surface area contributed by atoms with Crippen LogP contribution in [0.4, 0.5) is 4.79 Å². The summed E-state index contributed by atoms with van der Waals surface area (Å²) in [5.41, 5.74) is 4.01. The summed E-state index contributed by atoms with van der Waals surface area (Å²) < 4.78 is 38.8. The Bertz CT molecular complexity index is 1440. The van der Waals surface area contributed by atoms with Crippen LogP contribution in [-0.2, 0) is 54.8 Å². The van der Waals surface area contributed by atoms with E-state index in [1.165, 1.54) is 0 Å². The molecular weight excluding hydrogens is 594 g/mol. The van der Waals surface area contributed by atoms with Crippen molar-refractivity contribution in [1.82, 2.24) is 4.90 Å². The first-order valence-corrected chi connectivity index (χ1v) is 16.3. The van der Waals surface area contributed by atoms with Crippen LogP contribution in [0.5, 0.6) is 0 Å². The largest absolute Gasteiger partial charge is 0.416 e. The van der Waals surface area contributed by atoms with Crippen LogP contribution in [0.1, 0.15) is 36.1 Å². The maximum absolute atomic E-state index is 13.3. The monoisotopic (exact) mass is 639 g/mol. The predicted octanol–water partition coefficient (Wildman–Crippen LogP) is 7.16. The average molecular weight is 640 g/mol. The molecule has 1 aliphatic heterocycles. The molecular formula is C39H45NO7. The normalized spacial score (nSPS) is 20.9. The number of ether oxygens (including phenoxy) is 6. The molecule has 4 aromatic rings. The minimum atomic E-state index is -1.07. The smallest absolute Gasteiger partial charge is 0.412 e. The Balaban J connectivity index is 1.46. The lowest BCUT2D eigenvalue weighted by atomic mass is 9.97. The minimum Gasteiger partial charge on any atom is -0.416 e. The van der Waals surface area contributed by atoms with Crippen molar-refractivity contribution >= 4 is 6.09 Å². The molecule has 0 aliphatic carbocycles. The summed E-state index contributed by atoms with van der Waals surface area (Å²) in [4.78, 5) is 14.9. The van der Waals surface area contributed by atoms with Crippen LogP contribution in [0.25, 0.3) is 0 Å². The number of hydrogen-bond donors (Lipinski definition) is 0. The first kappa shape index (κ1) is 34.3. The highest BCUT2D eigenvalue weighted by atomic mass is 16.7. The molecule has 8 nitrogen and oxygen atoms in total. The molecule has 1 amide bonds. The Hall–Kier alpha value is -4.05. The Labute approximate surface area is 278 Å². The molecule has 0 radical (unpaired) electrons. The fraction of sp³-hybridized carbons (Fsp3) is 0.359. The van der Waals surface area contributed by atoms with Crippen LogP contribution in [-0.4, -0.2) is 61.4 Å². The van der Waals surface area contributed by atoms with Gasteiger partial charge in [-0.05, 0) is 36.1 Å². The van der Waals surface area contributed by atoms with Gasteiger partial charge in [-0.25, -0.2) is 4.79 Å². The molecule has 4 aromatic carbocycles. The molecule has 0 spiro atoms. The molecule has 248 valence electrons. The highest BCUT2D eigenvalue weighted by molar-refractivity contribution is 5.67. The van der Waals surface area contributed by atoms with Gasteiger partial charge in [0, 0.05) is 13.1 Å². The summed E-state index contributed by atoms with van der Waals surface area (Å²) in [6.07, 6.45) is -4.27. The summed E-state index contributed by atoms with van der Waals surface area (Å²) in [7, 11) is 0. The molecule has 5 atom stereocenters. The van der Waals surface area contributed by atoms with Gasteiger partial charge in [0.2, 0.25) is 6.29 Å². The highest BCUT2D eigenvalue weighted by Gasteiger charge is 2.50. The third kappa shape index (κ3) is 10.2. The summed E-state index contributed by atoms with van der Waals surface area (Å²) in [5.74, 6) is 0. The van der Waals surface area contributed by atoms with Crippen LogP contribution in [0.2, 0.25) is 0 Å². The van der Waals surface area contributed by atoms with Gasteiger partial charge in [-0.15, -0.1) is 0 Å². The van der Waals surface area contributed by atoms with E-state index in [9.17, 15) is 4.79 Å². The molecule has 5 rings (SSSR count). The molecule has 0 N–H and O–H groups in total. The molecule has 1 heterocycles. The summed E-state index contributed by atoms with van der Waals surface area (Å²) >= 11 is 0. The predicted molar refractivity (Wildman–Crippen MR) is 179 cm³/mol. The summed E-state index contributed by atoms with van der Waals surface area (Å²) in [6.45, 7) is 6.28. The zero-order valence-corrected chi connectivity index (χ0v) is 27.2. The third-order valence-corrected chi connectivity index (χ3v) is 8.08. The van der Waals surface area contributed by atoms with E-state index < -0.39 is 36.8 Å². The zero-order valence-electron chi connectivity index (χ0n) is 27.2. The number of benzene rings is 4. The van der Waals surface area contributed by atoms with Crippen molar-refractivity contribution in [3.8, 4) is 0 Å². The second kappa shape index (κ2) is 18.3. The van der Waals surface area contributed by atoms with E-state index in [0.29, 0.717) is 32.9 Å². The van der Waals surface area contributed by atoms with Gasteiger partial charge in [-0.2, -0.15) is 0 Å². The standard InChI is InChI=1S/C39H45NO7/c1-3-40(4-2)39(41)47-38-37(45-28-33-23-15-8-16-24-33)36(44-27-32-21-13-7-14-22-32)35(43-26-31-19-11-6-12-20-31)34(46-38)29-42-25-30-17-9-5-10-18-30/h5-24,34-38H,3-4,25-29H2,1-2H3/t34-,35-,36+,37-,38?/m1/s1. The third-order valence-electron chi connectivity index (χ3n) is 8.08. The molecule has 1 saturated heterocycles. The Morgan fingerprint density at radius 1 is 0.574 bits per heavy atom. The summed E-state index contributed by atoms with van der Waals surface area (Å²) in [6, 6.07) is 39.7. The molecule has 8 heteroatoms. The van der Waals surface area contributed by atoms with Crippen molar-refractivity contribution < 1.29 is 33.2 Å². The lowest BCUT2D eigenvalue weighted by Crippen LogP contribution is -2.62. The van der Waals surface area contributed by atoms with Gasteiger partial charge in [0.15, 0.2) is 0 Å². The van der Waals surface area contributed by atoms with E-state index in [0.717, 1.165) is 22.3 Å². The molecule has 47 heavy (non-hydrogen) atoms. The van der Waals surface area contributed by atoms with E-state index in [1.807, 2.05) is 135 Å². The molecule has 1 fully saturated rings. The molecule has 0 aromatic heterocycles. The van der Waals surface area contributed by atoms with Gasteiger partial charge >= 0.3 is 6.09 Å². The molecule has 0 saturated carbocycles. The van der Waals surface area contributed by atoms with Crippen LogP contribution >= 0.6 is 0 Å². The second-order valence-corrected chi connectivity index (χ2v) is 11.4. The number of amides is 1. The molecule has 0 bridgehead atoms. The zero-order chi connectivity index (χ0) is 32.7. The van der Waals surface area contributed by atoms with Gasteiger partial charge in [0.1, 0.15) is 24.4 Å². The first-order chi connectivity index (χ1) is 23.1. The number of rotatable bonds is 16. The fourth-order valence-electron chi connectivity index (χ4n) is 5.50. The Morgan fingerprint density at radius 2 is 0.979 bits per heavy atom. The van der Waals surface area contributed by atoms with Crippen LogP contribution in [0.15, 0.2) is 121 Å². The fourth-order valence-corrected chi connectivity index (χ4v) is 5.50. The van der Waals surface area contributed by atoms with E-state index in [4.69, 9.17) is 28.4 Å². The number of hydrogen-bond acceptors (Lipinski definition) is 7. The van der Waals surface area contributed by atoms with Crippen molar-refractivity contribution in [2.24, 2.45) is 0 Å². The lowest BCUT2D eigenvalue weighted by Gasteiger charge is -2.45. The summed E-state index contributed by atoms with van der Waals surface area (Å²) in [5, 5.41) is 0. The van der Waals surface area contributed by atoms with Crippen molar-refractivity contribution in [3.05, 3.63) is 144 Å². The maximum Gasteiger partial charge on any atom is 0.412 e. The topological polar surface area (TPSA) is 75.7 Å². The lowest BCUT2D eigenvalue weighted by molar-refractivity contribution is -0.316. The van der Waals surface area contributed by atoms with E-state index in [-0.39, 0.29) is 13.2 Å². The Morgan fingerprint density at radius 3 is 1.43 bits per heavy atom. The highest BCUT2D eigenvalue weighted by Crippen LogP contribution is 2.32. The van der Waals surface area contributed by atoms with Gasteiger partial charge in [0.05, 0.1) is 33.0 Å². The van der Waals surface area contributed by atoms with E-state index in [1.54, 1.807) is 4.90 Å². The van der Waals surface area contributed by atoms with Crippen LogP contribution in [0, 0.1) is 0 Å². The van der Waals surface area contributed by atoms with Gasteiger partial charge in [-0.3, -0.25) is 0 Å². The van der Waals surface area contributed by atoms with Gasteiger partial charge in [-0.1, -0.05) is 121 Å². The van der Waals surface area contributed by atoms with Crippen molar-refractivity contribution in [3.63, 3.8) is 0 Å². The van der Waals surface area contributed by atoms with Crippen molar-refractivity contribution in [2.45, 2.75) is 71.0 Å². The first-order valence-electron chi connectivity index (χ1n) is 16.3. The molecule has 1 aliphatic rings. The number of carbonyl (C=O) groups is 1. The van der Waals surface area contributed by atoms with Gasteiger partial charge in [0.25, 0.3) is 0 Å². The SMILES string of the molecule is CCN(CC)C(=O)OC1O[C@H](COCc2ccccc2)[C@@H](OCc2ccccc2)[C@H](OCc2ccccc2)[C@H]1OCc1ccccc1. The molecule has 1 unspecified atom stereocenters. The van der Waals surface area contributed by atoms with Crippen LogP contribution in [0.3, 0.4) is 0 Å². The van der Waals surface area contributed by atoms with Gasteiger partial charge < -0.3 is 33.3 Å².